The number of hydrogen-bond acceptors (Lipinski definition) is 13. The second-order valence-electron chi connectivity index (χ2n) is 14.4. The summed E-state index contributed by atoms with van der Waals surface area (Å²) in [5, 5.41) is 42.9. The van der Waals surface area contributed by atoms with Crippen molar-refractivity contribution in [1.29, 1.82) is 0 Å². The van der Waals surface area contributed by atoms with Crippen molar-refractivity contribution in [1.82, 2.24) is 9.97 Å². The smallest absolute Gasteiger partial charge is 0.360 e. The Labute approximate surface area is 321 Å². The van der Waals surface area contributed by atoms with Gasteiger partial charge in [-0.1, -0.05) is 113 Å². The van der Waals surface area contributed by atoms with Crippen LogP contribution in [0.1, 0.15) is 87.1 Å². The van der Waals surface area contributed by atoms with Crippen LogP contribution in [0.25, 0.3) is 12.2 Å². The van der Waals surface area contributed by atoms with E-state index in [1.165, 1.54) is 42.9 Å². The van der Waals surface area contributed by atoms with Crippen LogP contribution in [0.2, 0.25) is 0 Å². The molecule has 0 spiro atoms. The summed E-state index contributed by atoms with van der Waals surface area (Å²) in [5.74, 6) is -1.22. The lowest BCUT2D eigenvalue weighted by Gasteiger charge is -2.36. The number of aliphatic hydroxyl groups excluding tert-OH is 4. The van der Waals surface area contributed by atoms with Gasteiger partial charge in [0.05, 0.1) is 12.2 Å². The molecule has 2 aliphatic rings. The lowest BCUT2D eigenvalue weighted by atomic mass is 9.79. The standard InChI is InChI=1S/C42H52N2O11/c1-7-15-33(47)41(3,4)35-21-13-18-30(46)29(45)17-9-11-23-37-43-28(25-51-37)40(50)55-36(42(5,6)34(48)16-8-2)22-14-20-32-31(53-32)19-10-12-24-38-44-27(26-52-38)39(49)54-35/h7-20,23-26,29-36,45-48H,21-22H2,1-6H3/b15-7+,16-8+,17-9+,18-13-,19-10+,20-14-,23-11-,24-12-. The maximum atomic E-state index is 13.2. The largest absolute Gasteiger partial charge is 0.457 e. The number of cyclic esters (lactones) is 2. The molecule has 0 radical (unpaired) electrons. The van der Waals surface area contributed by atoms with Crippen LogP contribution in [-0.2, 0) is 14.2 Å². The van der Waals surface area contributed by atoms with E-state index in [4.69, 9.17) is 23.0 Å². The minimum absolute atomic E-state index is 0.0654. The van der Waals surface area contributed by atoms with E-state index in [2.05, 4.69) is 9.97 Å². The Balaban J connectivity index is 1.59. The van der Waals surface area contributed by atoms with Crippen LogP contribution < -0.4 is 0 Å². The molecule has 4 heterocycles. The first-order valence-electron chi connectivity index (χ1n) is 18.2. The molecule has 1 saturated heterocycles. The molecule has 4 N–H and O–H groups in total. The summed E-state index contributed by atoms with van der Waals surface area (Å²) >= 11 is 0. The van der Waals surface area contributed by atoms with E-state index in [1.54, 1.807) is 90.2 Å². The van der Waals surface area contributed by atoms with Gasteiger partial charge in [-0.05, 0) is 13.8 Å². The van der Waals surface area contributed by atoms with Gasteiger partial charge >= 0.3 is 11.9 Å². The Kier molecular flexibility index (Phi) is 15.3. The molecule has 2 aliphatic heterocycles. The van der Waals surface area contributed by atoms with Crippen LogP contribution in [-0.4, -0.2) is 91.2 Å². The van der Waals surface area contributed by atoms with Crippen LogP contribution in [0.5, 0.6) is 0 Å². The second-order valence-corrected chi connectivity index (χ2v) is 14.4. The van der Waals surface area contributed by atoms with Crippen LogP contribution in [0, 0.1) is 10.8 Å². The molecule has 13 heteroatoms. The first-order chi connectivity index (χ1) is 26.2. The number of ether oxygens (including phenoxy) is 3. The van der Waals surface area contributed by atoms with Crippen LogP contribution >= 0.6 is 0 Å². The van der Waals surface area contributed by atoms with E-state index in [-0.39, 0.29) is 48.2 Å². The van der Waals surface area contributed by atoms with Crippen molar-refractivity contribution in [3.8, 4) is 0 Å². The molecule has 4 rings (SSSR count). The first-order valence-corrected chi connectivity index (χ1v) is 18.2. The number of nitrogens with zero attached hydrogens (tertiary/aromatic N) is 2. The molecular weight excluding hydrogens is 708 g/mol. The monoisotopic (exact) mass is 760 g/mol. The summed E-state index contributed by atoms with van der Waals surface area (Å²) in [5.41, 5.74) is -1.97. The predicted octanol–water partition coefficient (Wildman–Crippen LogP) is 5.87. The van der Waals surface area contributed by atoms with Gasteiger partial charge in [0.1, 0.15) is 49.2 Å². The van der Waals surface area contributed by atoms with Gasteiger partial charge in [0.25, 0.3) is 0 Å². The third kappa shape index (κ3) is 12.0. The molecule has 4 bridgehead atoms. The fourth-order valence-corrected chi connectivity index (χ4v) is 5.52. The maximum absolute atomic E-state index is 13.2. The number of carbonyl (C=O) groups excluding carboxylic acids is 2. The Morgan fingerprint density at radius 3 is 1.60 bits per heavy atom. The maximum Gasteiger partial charge on any atom is 0.360 e. The Morgan fingerprint density at radius 1 is 0.673 bits per heavy atom. The molecule has 13 nitrogen and oxygen atoms in total. The van der Waals surface area contributed by atoms with Crippen molar-refractivity contribution in [3.05, 3.63) is 121 Å². The lowest BCUT2D eigenvalue weighted by molar-refractivity contribution is -0.0462. The number of fused-ring (bicyclic) bond motifs is 5. The van der Waals surface area contributed by atoms with Crippen molar-refractivity contribution < 1.29 is 53.1 Å². The van der Waals surface area contributed by atoms with Gasteiger partial charge in [-0.25, -0.2) is 19.6 Å². The SMILES string of the molecule is C/C=C/C(O)C(C)(C)C1C/C=C\C2OC2/C=C/C=C\c2nc(co2)C(=O)OC(C(C)(C)C(O)/C=C/C)C/C=C\C(O)C(O)/C=C/C=C\c2nc(co2)C(=O)O1. The molecule has 8 unspecified atom stereocenters. The first kappa shape index (κ1) is 42.8. The summed E-state index contributed by atoms with van der Waals surface area (Å²) < 4.78 is 28.3. The zero-order chi connectivity index (χ0) is 40.2. The highest BCUT2D eigenvalue weighted by Gasteiger charge is 2.40. The van der Waals surface area contributed by atoms with Crippen molar-refractivity contribution in [3.63, 3.8) is 0 Å². The zero-order valence-electron chi connectivity index (χ0n) is 32.0. The molecule has 0 amide bonds. The van der Waals surface area contributed by atoms with Crippen molar-refractivity contribution in [2.24, 2.45) is 10.8 Å². The summed E-state index contributed by atoms with van der Waals surface area (Å²) in [6, 6.07) is 0. The fourth-order valence-electron chi connectivity index (χ4n) is 5.52. The topological polar surface area (TPSA) is 198 Å². The third-order valence-corrected chi connectivity index (χ3v) is 9.47. The van der Waals surface area contributed by atoms with Gasteiger partial charge in [-0.15, -0.1) is 0 Å². The van der Waals surface area contributed by atoms with Gasteiger partial charge in [0.2, 0.25) is 11.8 Å². The number of aromatic nitrogens is 2. The van der Waals surface area contributed by atoms with E-state index in [1.807, 2.05) is 18.2 Å². The van der Waals surface area contributed by atoms with Crippen molar-refractivity contribution in [2.45, 2.75) is 103 Å². The fraction of sp³-hybridized carbons (Fsp3) is 0.429. The molecule has 2 aromatic heterocycles. The molecule has 0 aromatic carbocycles. The van der Waals surface area contributed by atoms with E-state index in [9.17, 15) is 30.0 Å². The zero-order valence-corrected chi connectivity index (χ0v) is 32.0. The van der Waals surface area contributed by atoms with Gasteiger partial charge in [-0.2, -0.15) is 0 Å². The number of aliphatic hydroxyl groups is 4. The molecule has 1 fully saturated rings. The van der Waals surface area contributed by atoms with Crippen LogP contribution in [0.3, 0.4) is 0 Å². The number of rotatable bonds is 6. The summed E-state index contributed by atoms with van der Waals surface area (Å²) in [6.45, 7) is 10.7. The Hall–Kier alpha value is -4.92. The highest BCUT2D eigenvalue weighted by atomic mass is 16.6. The quantitative estimate of drug-likeness (QED) is 0.155. The van der Waals surface area contributed by atoms with E-state index < -0.39 is 59.4 Å². The molecule has 8 atom stereocenters. The van der Waals surface area contributed by atoms with E-state index in [0.717, 1.165) is 0 Å². The second kappa shape index (κ2) is 19.6. The minimum Gasteiger partial charge on any atom is -0.457 e. The number of hydrogen-bond donors (Lipinski definition) is 4. The van der Waals surface area contributed by atoms with Gasteiger partial charge in [0, 0.05) is 35.8 Å². The van der Waals surface area contributed by atoms with Crippen LogP contribution in [0.4, 0.5) is 0 Å². The summed E-state index contributed by atoms with van der Waals surface area (Å²) in [4.78, 5) is 34.8. The number of allylic oxidation sites excluding steroid dienone is 6. The molecule has 55 heavy (non-hydrogen) atoms. The molecule has 0 saturated carbocycles. The number of carbonyl (C=O) groups is 2. The normalized spacial score (nSPS) is 29.6. The number of esters is 2. The Bertz CT molecular complexity index is 1820. The average molecular weight is 761 g/mol. The highest BCUT2D eigenvalue weighted by Crippen LogP contribution is 2.34. The molecule has 0 aliphatic carbocycles. The lowest BCUT2D eigenvalue weighted by Crippen LogP contribution is -2.42. The average Bonchev–Trinajstić information content (AvgIpc) is 3.46. The van der Waals surface area contributed by atoms with Gasteiger partial charge in [0.15, 0.2) is 11.4 Å². The Morgan fingerprint density at radius 2 is 1.11 bits per heavy atom. The molecule has 296 valence electrons. The van der Waals surface area contributed by atoms with Crippen molar-refractivity contribution in [2.75, 3.05) is 0 Å². The van der Waals surface area contributed by atoms with Gasteiger partial charge in [-0.3, -0.25) is 0 Å². The summed E-state index contributed by atoms with van der Waals surface area (Å²) in [6.07, 6.45) is 22.2. The summed E-state index contributed by atoms with van der Waals surface area (Å²) in [7, 11) is 0. The minimum atomic E-state index is -1.32. The third-order valence-electron chi connectivity index (χ3n) is 9.47. The highest BCUT2D eigenvalue weighted by molar-refractivity contribution is 5.87. The van der Waals surface area contributed by atoms with Crippen LogP contribution in [0.15, 0.2) is 106 Å². The molecule has 2 aromatic rings. The van der Waals surface area contributed by atoms with E-state index >= 15 is 0 Å². The predicted molar refractivity (Wildman–Crippen MR) is 205 cm³/mol. The molecular formula is C42H52N2O11. The number of oxazole rings is 2. The van der Waals surface area contributed by atoms with E-state index in [0.29, 0.717) is 0 Å². The number of epoxide rings is 1. The van der Waals surface area contributed by atoms with Gasteiger partial charge < -0.3 is 43.5 Å². The van der Waals surface area contributed by atoms with Crippen molar-refractivity contribution >= 4 is 24.1 Å².